The van der Waals surface area contributed by atoms with Crippen LogP contribution in [-0.4, -0.2) is 109 Å². The van der Waals surface area contributed by atoms with E-state index in [1.165, 1.54) is 0 Å². The number of phosphoric ester groups is 1. The maximum atomic E-state index is 11.9. The molecule has 1 aliphatic heterocycles. The minimum atomic E-state index is -5.73. The van der Waals surface area contributed by atoms with Crippen molar-refractivity contribution in [3.63, 3.8) is 0 Å². The van der Waals surface area contributed by atoms with Crippen molar-refractivity contribution < 1.29 is 66.8 Å². The SMILES string of the molecule is Nc1nc2c(ncn2[C@@H]2O[C@H](COP(=O)(O)OP(=O)(O)OP(=O)(O)O)[C@@H](O)[C@H]2O)c(=O)[nH]1.O.[Na]. The standard InChI is InChI=1S/C10H16N5O14P3.Na.H2O/c11-10-13-7-4(8(18)14-10)12-2-15(7)9-6(17)5(16)3(27-9)1-26-31(22,23)29-32(24,25)28-30(19,20)21;;/h2-3,5-6,9,16-17H,1H2,(H,22,23)(H,24,25)(H2,19,20,21)(H3,11,13,14,18);;1H2/t3-,5-,6-,9-;;/m1../s1. The number of aliphatic hydroxyl groups is 2. The van der Waals surface area contributed by atoms with Gasteiger partial charge in [0.05, 0.1) is 12.9 Å². The first kappa shape index (κ1) is 31.4. The third-order valence-corrected chi connectivity index (χ3v) is 7.68. The monoisotopic (exact) mass is 564 g/mol. The second-order valence-corrected chi connectivity index (χ2v) is 10.6. The molecule has 0 aliphatic carbocycles. The molecule has 6 atom stereocenters. The first-order valence-electron chi connectivity index (χ1n) is 8.11. The third kappa shape index (κ3) is 7.45. The van der Waals surface area contributed by atoms with Gasteiger partial charge < -0.3 is 45.7 Å². The molecule has 2 aromatic rings. The van der Waals surface area contributed by atoms with Crippen LogP contribution in [0, 0.1) is 0 Å². The van der Waals surface area contributed by atoms with Crippen LogP contribution >= 0.6 is 23.5 Å². The van der Waals surface area contributed by atoms with Gasteiger partial charge >= 0.3 is 23.5 Å². The number of nitrogens with one attached hydrogen (secondary N) is 1. The molecule has 34 heavy (non-hydrogen) atoms. The van der Waals surface area contributed by atoms with E-state index in [-0.39, 0.29) is 52.1 Å². The van der Waals surface area contributed by atoms with Gasteiger partial charge in [-0.15, -0.1) is 0 Å². The molecule has 2 aromatic heterocycles. The van der Waals surface area contributed by atoms with Crippen LogP contribution in [0.1, 0.15) is 6.23 Å². The molecule has 11 N–H and O–H groups in total. The van der Waals surface area contributed by atoms with Gasteiger partial charge in [-0.3, -0.25) is 18.9 Å². The van der Waals surface area contributed by atoms with Crippen LogP contribution in [0.25, 0.3) is 11.2 Å². The number of phosphoric acid groups is 3. The van der Waals surface area contributed by atoms with Gasteiger partial charge in [0.25, 0.3) is 5.56 Å². The smallest absolute Gasteiger partial charge is 0.412 e. The number of nitrogens with zero attached hydrogens (tertiary/aromatic N) is 3. The maximum Gasteiger partial charge on any atom is 0.490 e. The molecule has 1 fully saturated rings. The van der Waals surface area contributed by atoms with Crippen LogP contribution in [0.4, 0.5) is 5.95 Å². The van der Waals surface area contributed by atoms with Crippen molar-refractivity contribution in [3.05, 3.63) is 16.7 Å². The summed E-state index contributed by atoms with van der Waals surface area (Å²) in [4.78, 5) is 57.3. The molecule has 0 bridgehead atoms. The zero-order valence-corrected chi connectivity index (χ0v) is 21.5. The molecule has 189 valence electrons. The minimum absolute atomic E-state index is 0. The Morgan fingerprint density at radius 1 is 1.12 bits per heavy atom. The Kier molecular flexibility index (Phi) is 10.4. The number of nitrogens with two attached hydrogens (primary N) is 1. The van der Waals surface area contributed by atoms with Crippen LogP contribution < -0.4 is 11.3 Å². The van der Waals surface area contributed by atoms with E-state index in [0.717, 1.165) is 10.9 Å². The first-order valence-corrected chi connectivity index (χ1v) is 12.6. The maximum absolute atomic E-state index is 11.9. The fraction of sp³-hybridized carbons (Fsp3) is 0.500. The van der Waals surface area contributed by atoms with Crippen molar-refractivity contribution in [2.24, 2.45) is 0 Å². The number of hydrogen-bond donors (Lipinski definition) is 8. The molecule has 0 spiro atoms. The van der Waals surface area contributed by atoms with Crippen molar-refractivity contribution in [1.29, 1.82) is 0 Å². The van der Waals surface area contributed by atoms with Gasteiger partial charge in [-0.2, -0.15) is 13.6 Å². The van der Waals surface area contributed by atoms with Gasteiger partial charge in [0.1, 0.15) is 18.3 Å². The van der Waals surface area contributed by atoms with Crippen molar-refractivity contribution in [1.82, 2.24) is 19.5 Å². The summed E-state index contributed by atoms with van der Waals surface area (Å²) in [6, 6.07) is 0. The normalized spacial score (nSPS) is 26.3. The van der Waals surface area contributed by atoms with Gasteiger partial charge in [-0.25, -0.2) is 18.7 Å². The number of anilines is 1. The van der Waals surface area contributed by atoms with E-state index >= 15 is 0 Å². The molecular formula is C10H18N5NaO15P3. The molecule has 0 amide bonds. The number of aliphatic hydroxyl groups excluding tert-OH is 2. The molecule has 0 aromatic carbocycles. The molecule has 1 saturated heterocycles. The molecule has 1 aliphatic rings. The van der Waals surface area contributed by atoms with E-state index in [4.69, 9.17) is 25.2 Å². The second kappa shape index (κ2) is 11.2. The molecule has 3 rings (SSSR count). The zero-order valence-electron chi connectivity index (χ0n) is 16.8. The minimum Gasteiger partial charge on any atom is -0.412 e. The summed E-state index contributed by atoms with van der Waals surface area (Å²) in [5, 5.41) is 20.4. The molecule has 3 heterocycles. The van der Waals surface area contributed by atoms with Crippen molar-refractivity contribution in [3.8, 4) is 0 Å². The van der Waals surface area contributed by atoms with Crippen molar-refractivity contribution in [2.45, 2.75) is 24.5 Å². The predicted molar refractivity (Wildman–Crippen MR) is 108 cm³/mol. The number of H-pyrrole nitrogens is 1. The fourth-order valence-corrected chi connectivity index (χ4v) is 5.73. The third-order valence-electron chi connectivity index (χ3n) is 3.88. The number of ether oxygens (including phenoxy) is 1. The summed E-state index contributed by atoms with van der Waals surface area (Å²) in [5.74, 6) is -0.276. The summed E-state index contributed by atoms with van der Waals surface area (Å²) in [7, 11) is -16.8. The Labute approximate surface area is 209 Å². The Bertz CT molecular complexity index is 1220. The van der Waals surface area contributed by atoms with E-state index in [9.17, 15) is 33.6 Å². The Morgan fingerprint density at radius 3 is 2.32 bits per heavy atom. The molecular weight excluding hydrogens is 546 g/mol. The molecule has 24 heteroatoms. The Hall–Kier alpha value is -0.600. The number of aromatic amines is 1. The van der Waals surface area contributed by atoms with Crippen molar-refractivity contribution in [2.75, 3.05) is 12.3 Å². The fourth-order valence-electron chi connectivity index (χ4n) is 2.70. The van der Waals surface area contributed by atoms with Gasteiger partial charge in [0, 0.05) is 29.6 Å². The average molecular weight is 564 g/mol. The van der Waals surface area contributed by atoms with Gasteiger partial charge in [-0.1, -0.05) is 0 Å². The van der Waals surface area contributed by atoms with E-state index in [2.05, 4.69) is 28.1 Å². The zero-order chi connectivity index (χ0) is 24.1. The Morgan fingerprint density at radius 2 is 1.74 bits per heavy atom. The molecule has 2 unspecified atom stereocenters. The van der Waals surface area contributed by atoms with E-state index in [0.29, 0.717) is 0 Å². The van der Waals surface area contributed by atoms with E-state index in [1.54, 1.807) is 0 Å². The molecule has 20 nitrogen and oxygen atoms in total. The average Bonchev–Trinajstić information content (AvgIpc) is 3.12. The number of rotatable bonds is 8. The van der Waals surface area contributed by atoms with Gasteiger partial charge in [0.15, 0.2) is 17.4 Å². The summed E-state index contributed by atoms with van der Waals surface area (Å²) in [6.07, 6.45) is -5.33. The largest absolute Gasteiger partial charge is 0.490 e. The number of fused-ring (bicyclic) bond motifs is 1. The van der Waals surface area contributed by atoms with Crippen LogP contribution in [-0.2, 0) is 31.6 Å². The van der Waals surface area contributed by atoms with Crippen LogP contribution in [0.2, 0.25) is 0 Å². The quantitative estimate of drug-likeness (QED) is 0.114. The van der Waals surface area contributed by atoms with E-state index in [1.807, 2.05) is 0 Å². The van der Waals surface area contributed by atoms with E-state index < -0.39 is 60.2 Å². The molecule has 0 saturated carbocycles. The van der Waals surface area contributed by atoms with Crippen LogP contribution in [0.5, 0.6) is 0 Å². The summed E-state index contributed by atoms with van der Waals surface area (Å²) >= 11 is 0. The molecule has 1 radical (unpaired) electrons. The number of hydrogen-bond acceptors (Lipinski definition) is 13. The van der Waals surface area contributed by atoms with Gasteiger partial charge in [0.2, 0.25) is 5.95 Å². The predicted octanol–water partition coefficient (Wildman–Crippen LogP) is -3.54. The first-order chi connectivity index (χ1) is 14.6. The van der Waals surface area contributed by atoms with Crippen LogP contribution in [0.3, 0.4) is 0 Å². The van der Waals surface area contributed by atoms with Gasteiger partial charge in [-0.05, 0) is 0 Å². The van der Waals surface area contributed by atoms with Crippen molar-refractivity contribution >= 4 is 70.1 Å². The summed E-state index contributed by atoms with van der Waals surface area (Å²) in [5.41, 5.74) is 4.50. The summed E-state index contributed by atoms with van der Waals surface area (Å²) in [6.45, 7) is -1.01. The topological polar surface area (TPSA) is 331 Å². The Balaban J connectivity index is 0.00000289. The number of nitrogen functional groups attached to an aromatic ring is 1. The summed E-state index contributed by atoms with van der Waals surface area (Å²) < 4.78 is 51.6. The second-order valence-electron chi connectivity index (χ2n) is 6.21. The number of imidazole rings is 1. The number of aromatic nitrogens is 4. The van der Waals surface area contributed by atoms with Crippen LogP contribution in [0.15, 0.2) is 11.1 Å².